The summed E-state index contributed by atoms with van der Waals surface area (Å²) in [5.41, 5.74) is 11.4. The van der Waals surface area contributed by atoms with Gasteiger partial charge in [0.1, 0.15) is 29.9 Å². The van der Waals surface area contributed by atoms with Gasteiger partial charge in [0, 0.05) is 43.3 Å². The van der Waals surface area contributed by atoms with Crippen molar-refractivity contribution in [2.24, 2.45) is 15.7 Å². The third-order valence-electron chi connectivity index (χ3n) is 3.62. The van der Waals surface area contributed by atoms with Crippen LogP contribution in [-0.2, 0) is 9.59 Å². The van der Waals surface area contributed by atoms with Crippen molar-refractivity contribution in [1.82, 2.24) is 5.32 Å². The highest BCUT2D eigenvalue weighted by Gasteiger charge is 2.28. The van der Waals surface area contributed by atoms with Crippen molar-refractivity contribution in [3.8, 4) is 5.75 Å². The Labute approximate surface area is 157 Å². The molecule has 0 saturated carbocycles. The first-order valence-electron chi connectivity index (χ1n) is 8.06. The molecule has 9 nitrogen and oxygen atoms in total. The van der Waals surface area contributed by atoms with Gasteiger partial charge in [-0.1, -0.05) is 0 Å². The van der Waals surface area contributed by atoms with Crippen LogP contribution in [0.3, 0.4) is 0 Å². The highest BCUT2D eigenvalue weighted by molar-refractivity contribution is 6.46. The number of anilines is 1. The number of ether oxygens (including phenoxy) is 1. The smallest absolute Gasteiger partial charge is 0.270 e. The molecule has 1 aromatic carbocycles. The Morgan fingerprint density at radius 1 is 1.41 bits per heavy atom. The summed E-state index contributed by atoms with van der Waals surface area (Å²) < 4.78 is 5.65. The maximum Gasteiger partial charge on any atom is 0.270 e. The summed E-state index contributed by atoms with van der Waals surface area (Å²) in [6.45, 7) is 1.02. The van der Waals surface area contributed by atoms with Crippen LogP contribution in [-0.4, -0.2) is 62.1 Å². The predicted octanol–water partition coefficient (Wildman–Crippen LogP) is -0.324. The Kier molecular flexibility index (Phi) is 8.15. The van der Waals surface area contributed by atoms with Crippen molar-refractivity contribution in [3.63, 3.8) is 0 Å². The Hall–Kier alpha value is -3.20. The van der Waals surface area contributed by atoms with Crippen molar-refractivity contribution in [2.45, 2.75) is 12.5 Å². The Morgan fingerprint density at radius 3 is 2.63 bits per heavy atom. The molecule has 0 saturated heterocycles. The first-order valence-corrected chi connectivity index (χ1v) is 8.06. The molecular formula is C18H25N5O4. The van der Waals surface area contributed by atoms with Gasteiger partial charge < -0.3 is 31.4 Å². The number of nitrogens with zero attached hydrogens (tertiary/aromatic N) is 2. The molecule has 0 aliphatic carbocycles. The highest BCUT2D eigenvalue weighted by atomic mass is 16.5. The summed E-state index contributed by atoms with van der Waals surface area (Å²) in [6, 6.07) is 4.78. The van der Waals surface area contributed by atoms with E-state index in [-0.39, 0.29) is 12.3 Å². The fraction of sp³-hybridized carbons (Fsp3) is 0.333. The highest BCUT2D eigenvalue weighted by Crippen LogP contribution is 2.21. The number of amides is 1. The Morgan fingerprint density at radius 2 is 2.11 bits per heavy atom. The van der Waals surface area contributed by atoms with Gasteiger partial charge in [0.05, 0.1) is 6.61 Å². The van der Waals surface area contributed by atoms with Crippen molar-refractivity contribution < 1.29 is 19.4 Å². The monoisotopic (exact) mass is 375 g/mol. The normalized spacial score (nSPS) is 14.7. The quantitative estimate of drug-likeness (QED) is 0.263. The maximum absolute atomic E-state index is 12.5. The van der Waals surface area contributed by atoms with Crippen molar-refractivity contribution in [2.75, 3.05) is 33.0 Å². The lowest BCUT2D eigenvalue weighted by molar-refractivity contribution is -0.122. The number of hydrogen-bond acceptors (Lipinski definition) is 8. The van der Waals surface area contributed by atoms with Crippen LogP contribution in [0.2, 0.25) is 0 Å². The lowest BCUT2D eigenvalue weighted by Crippen LogP contribution is -2.52. The van der Waals surface area contributed by atoms with E-state index in [0.717, 1.165) is 0 Å². The van der Waals surface area contributed by atoms with E-state index in [1.54, 1.807) is 31.5 Å². The lowest BCUT2D eigenvalue weighted by Gasteiger charge is -2.22. The van der Waals surface area contributed by atoms with Crippen LogP contribution in [0, 0.1) is 0 Å². The van der Waals surface area contributed by atoms with Gasteiger partial charge in [-0.25, -0.2) is 0 Å². The lowest BCUT2D eigenvalue weighted by atomic mass is 10.0. The van der Waals surface area contributed by atoms with Gasteiger partial charge >= 0.3 is 0 Å². The SMILES string of the molecule is CN=C/C(=C\N)COc1ccc(N)c(C(=NC)C(=O)NC(C)(C=O)CO)c1. The van der Waals surface area contributed by atoms with Crippen LogP contribution in [0.25, 0.3) is 0 Å². The minimum Gasteiger partial charge on any atom is -0.489 e. The molecule has 0 fully saturated rings. The molecule has 1 atom stereocenters. The second-order valence-corrected chi connectivity index (χ2v) is 5.89. The van der Waals surface area contributed by atoms with E-state index >= 15 is 0 Å². The molecule has 0 aromatic heterocycles. The first-order chi connectivity index (χ1) is 12.8. The zero-order valence-corrected chi connectivity index (χ0v) is 15.6. The number of benzene rings is 1. The molecule has 6 N–H and O–H groups in total. The minimum atomic E-state index is -1.42. The largest absolute Gasteiger partial charge is 0.489 e. The van der Waals surface area contributed by atoms with Crippen LogP contribution in [0.15, 0.2) is 40.0 Å². The van der Waals surface area contributed by atoms with E-state index in [4.69, 9.17) is 16.2 Å². The maximum atomic E-state index is 12.5. The summed E-state index contributed by atoms with van der Waals surface area (Å²) in [7, 11) is 3.04. The van der Waals surface area contributed by atoms with Gasteiger partial charge in [-0.15, -0.1) is 0 Å². The van der Waals surface area contributed by atoms with E-state index in [2.05, 4.69) is 15.3 Å². The molecule has 0 spiro atoms. The van der Waals surface area contributed by atoms with Gasteiger partial charge in [0.25, 0.3) is 5.91 Å². The van der Waals surface area contributed by atoms with Gasteiger partial charge in [-0.2, -0.15) is 0 Å². The van der Waals surface area contributed by atoms with E-state index in [1.165, 1.54) is 20.2 Å². The minimum absolute atomic E-state index is 0.00388. The van der Waals surface area contributed by atoms with E-state index in [0.29, 0.717) is 28.9 Å². The summed E-state index contributed by atoms with van der Waals surface area (Å²) in [5.74, 6) is -0.206. The summed E-state index contributed by atoms with van der Waals surface area (Å²) in [4.78, 5) is 31.5. The third-order valence-corrected chi connectivity index (χ3v) is 3.62. The van der Waals surface area contributed by atoms with Crippen molar-refractivity contribution >= 4 is 29.8 Å². The zero-order valence-electron chi connectivity index (χ0n) is 15.6. The van der Waals surface area contributed by atoms with E-state index < -0.39 is 18.1 Å². The van der Waals surface area contributed by atoms with Crippen molar-refractivity contribution in [3.05, 3.63) is 35.5 Å². The van der Waals surface area contributed by atoms with Gasteiger partial charge in [-0.05, 0) is 25.1 Å². The van der Waals surface area contributed by atoms with Crippen molar-refractivity contribution in [1.29, 1.82) is 0 Å². The molecule has 0 radical (unpaired) electrons. The van der Waals surface area contributed by atoms with Crippen LogP contribution in [0.5, 0.6) is 5.75 Å². The fourth-order valence-electron chi connectivity index (χ4n) is 2.06. The van der Waals surface area contributed by atoms with Crippen LogP contribution >= 0.6 is 0 Å². The average molecular weight is 375 g/mol. The molecule has 1 amide bonds. The zero-order chi connectivity index (χ0) is 20.4. The predicted molar refractivity (Wildman–Crippen MR) is 105 cm³/mol. The number of nitrogens with one attached hydrogen (secondary N) is 1. The van der Waals surface area contributed by atoms with E-state index in [9.17, 15) is 14.7 Å². The number of carbonyl (C=O) groups excluding carboxylic acids is 2. The number of nitrogens with two attached hydrogens (primary N) is 2. The van der Waals surface area contributed by atoms with Crippen LogP contribution in [0.4, 0.5) is 5.69 Å². The molecule has 1 aromatic rings. The molecule has 0 aliphatic rings. The van der Waals surface area contributed by atoms with E-state index in [1.807, 2.05) is 0 Å². The second-order valence-electron chi connectivity index (χ2n) is 5.89. The van der Waals surface area contributed by atoms with Crippen LogP contribution in [0.1, 0.15) is 12.5 Å². The summed E-state index contributed by atoms with van der Waals surface area (Å²) in [6.07, 6.45) is 3.41. The summed E-state index contributed by atoms with van der Waals surface area (Å²) >= 11 is 0. The number of aliphatic hydroxyl groups is 1. The molecule has 0 aliphatic heterocycles. The molecule has 0 heterocycles. The number of aliphatic hydroxyl groups excluding tert-OH is 1. The van der Waals surface area contributed by atoms with Crippen LogP contribution < -0.4 is 21.5 Å². The first kappa shape index (κ1) is 21.8. The Bertz CT molecular complexity index is 773. The number of aliphatic imine (C=N–C) groups is 2. The molecule has 0 bridgehead atoms. The Balaban J connectivity index is 3.09. The second kappa shape index (κ2) is 10.1. The molecule has 27 heavy (non-hydrogen) atoms. The molecular weight excluding hydrogens is 350 g/mol. The number of nitrogen functional groups attached to an aromatic ring is 1. The number of hydrogen-bond donors (Lipinski definition) is 4. The molecule has 1 rings (SSSR count). The van der Waals surface area contributed by atoms with Gasteiger partial charge in [0.2, 0.25) is 0 Å². The van der Waals surface area contributed by atoms with Gasteiger partial charge in [0.15, 0.2) is 0 Å². The third kappa shape index (κ3) is 5.93. The topological polar surface area (TPSA) is 152 Å². The standard InChI is InChI=1S/C18H25N5O4/c1-18(10-24,11-25)23-17(26)16(22-3)14-6-13(4-5-15(14)20)27-9-12(7-19)8-21-2/h4-8,10,25H,9,11,19-20H2,1-3H3,(H,23,26)/b12-7+,21-8?,22-16?. The number of rotatable bonds is 9. The molecule has 9 heteroatoms. The molecule has 1 unspecified atom stereocenters. The fourth-order valence-corrected chi connectivity index (χ4v) is 2.06. The summed E-state index contributed by atoms with van der Waals surface area (Å²) in [5, 5.41) is 11.7. The number of carbonyl (C=O) groups is 2. The number of aldehydes is 1. The molecule has 146 valence electrons. The van der Waals surface area contributed by atoms with Gasteiger partial charge in [-0.3, -0.25) is 14.8 Å². The average Bonchev–Trinajstić information content (AvgIpc) is 2.67.